The fraction of sp³-hybridized carbons (Fsp3) is 0.438. The van der Waals surface area contributed by atoms with Crippen LogP contribution in [0.3, 0.4) is 0 Å². The van der Waals surface area contributed by atoms with Gasteiger partial charge in [0.1, 0.15) is 23.5 Å². The lowest BCUT2D eigenvalue weighted by atomic mass is 10.1. The summed E-state index contributed by atoms with van der Waals surface area (Å²) in [5.41, 5.74) is 0.0326. The molecule has 0 aliphatic carbocycles. The third-order valence-electron chi connectivity index (χ3n) is 3.98. The van der Waals surface area contributed by atoms with Gasteiger partial charge in [-0.25, -0.2) is 4.39 Å². The van der Waals surface area contributed by atoms with Gasteiger partial charge in [-0.15, -0.1) is 0 Å². The molecule has 2 aliphatic heterocycles. The zero-order chi connectivity index (χ0) is 16.8. The van der Waals surface area contributed by atoms with Crippen LogP contribution in [0.2, 0.25) is 0 Å². The van der Waals surface area contributed by atoms with Gasteiger partial charge in [0, 0.05) is 5.56 Å². The summed E-state index contributed by atoms with van der Waals surface area (Å²) >= 11 is 0. The van der Waals surface area contributed by atoms with E-state index in [2.05, 4.69) is 4.99 Å². The van der Waals surface area contributed by atoms with Gasteiger partial charge >= 0.3 is 6.18 Å². The summed E-state index contributed by atoms with van der Waals surface area (Å²) in [6.45, 7) is 3.27. The van der Waals surface area contributed by atoms with Gasteiger partial charge in [0.25, 0.3) is 0 Å². The number of fused-ring (bicyclic) bond motifs is 3. The summed E-state index contributed by atoms with van der Waals surface area (Å²) in [6, 6.07) is 3.72. The predicted octanol–water partition coefficient (Wildman–Crippen LogP) is 4.19. The highest BCUT2D eigenvalue weighted by Gasteiger charge is 2.45. The quantitative estimate of drug-likeness (QED) is 0.722. The van der Waals surface area contributed by atoms with Gasteiger partial charge < -0.3 is 4.74 Å². The Morgan fingerprint density at radius 2 is 2.09 bits per heavy atom. The molecule has 3 nitrogen and oxygen atoms in total. The van der Waals surface area contributed by atoms with Crippen LogP contribution in [-0.4, -0.2) is 24.7 Å². The fourth-order valence-electron chi connectivity index (χ4n) is 2.96. The lowest BCUT2D eigenvalue weighted by Gasteiger charge is -2.35. The van der Waals surface area contributed by atoms with Crippen LogP contribution in [0.5, 0.6) is 0 Å². The summed E-state index contributed by atoms with van der Waals surface area (Å²) in [6.07, 6.45) is -4.61. The van der Waals surface area contributed by atoms with Crippen molar-refractivity contribution >= 4 is 11.5 Å². The van der Waals surface area contributed by atoms with E-state index in [1.165, 1.54) is 19.1 Å². The van der Waals surface area contributed by atoms with Crippen LogP contribution in [-0.2, 0) is 11.3 Å². The van der Waals surface area contributed by atoms with E-state index in [-0.39, 0.29) is 30.2 Å². The molecule has 7 heteroatoms. The van der Waals surface area contributed by atoms with Gasteiger partial charge in [-0.2, -0.15) is 13.2 Å². The molecule has 124 valence electrons. The van der Waals surface area contributed by atoms with Crippen molar-refractivity contribution < 1.29 is 22.3 Å². The summed E-state index contributed by atoms with van der Waals surface area (Å²) in [5, 5.41) is 0. The maximum Gasteiger partial charge on any atom is 0.431 e. The molecule has 0 aromatic heterocycles. The number of alkyl halides is 3. The maximum atomic E-state index is 13.6. The SMILES string of the molecule is CC[C@@H]1OCc2cc(F)ccc2N2C1=NCC(C)=C2C(F)(F)F. The largest absolute Gasteiger partial charge is 0.431 e. The van der Waals surface area contributed by atoms with Gasteiger partial charge in [0.15, 0.2) is 0 Å². The highest BCUT2D eigenvalue weighted by molar-refractivity contribution is 6.05. The molecular weight excluding hydrogens is 312 g/mol. The van der Waals surface area contributed by atoms with E-state index >= 15 is 0 Å². The average Bonchev–Trinajstić information content (AvgIpc) is 2.62. The van der Waals surface area contributed by atoms with Crippen molar-refractivity contribution in [1.82, 2.24) is 0 Å². The van der Waals surface area contributed by atoms with Crippen LogP contribution in [0.4, 0.5) is 23.2 Å². The second-order valence-corrected chi connectivity index (χ2v) is 5.62. The zero-order valence-corrected chi connectivity index (χ0v) is 12.7. The van der Waals surface area contributed by atoms with Crippen molar-refractivity contribution in [2.75, 3.05) is 11.4 Å². The van der Waals surface area contributed by atoms with Gasteiger partial charge in [-0.05, 0) is 37.1 Å². The van der Waals surface area contributed by atoms with Crippen LogP contribution >= 0.6 is 0 Å². The lowest BCUT2D eigenvalue weighted by Crippen LogP contribution is -2.45. The van der Waals surface area contributed by atoms with E-state index in [1.807, 2.05) is 6.92 Å². The molecule has 1 atom stereocenters. The topological polar surface area (TPSA) is 24.8 Å². The molecule has 0 spiro atoms. The molecule has 0 fully saturated rings. The second kappa shape index (κ2) is 5.63. The van der Waals surface area contributed by atoms with Gasteiger partial charge in [0.05, 0.1) is 18.8 Å². The Balaban J connectivity index is 2.23. The van der Waals surface area contributed by atoms with Crippen LogP contribution in [0, 0.1) is 5.82 Å². The number of benzene rings is 1. The van der Waals surface area contributed by atoms with Gasteiger partial charge in [-0.3, -0.25) is 9.89 Å². The third-order valence-corrected chi connectivity index (χ3v) is 3.98. The minimum atomic E-state index is -4.53. The molecule has 0 unspecified atom stereocenters. The van der Waals surface area contributed by atoms with Crippen molar-refractivity contribution in [3.63, 3.8) is 0 Å². The van der Waals surface area contributed by atoms with E-state index in [1.54, 1.807) is 0 Å². The molecule has 0 saturated heterocycles. The van der Waals surface area contributed by atoms with Crippen molar-refractivity contribution in [3.05, 3.63) is 40.8 Å². The minimum absolute atomic E-state index is 0.0168. The first-order valence-electron chi connectivity index (χ1n) is 7.34. The first-order valence-corrected chi connectivity index (χ1v) is 7.34. The molecule has 1 aromatic carbocycles. The number of hydrogen-bond donors (Lipinski definition) is 0. The zero-order valence-electron chi connectivity index (χ0n) is 12.7. The van der Waals surface area contributed by atoms with Crippen LogP contribution < -0.4 is 4.90 Å². The van der Waals surface area contributed by atoms with Crippen LogP contribution in [0.25, 0.3) is 0 Å². The molecule has 2 aliphatic rings. The van der Waals surface area contributed by atoms with Crippen molar-refractivity contribution in [1.29, 1.82) is 0 Å². The molecule has 0 saturated carbocycles. The standard InChI is InChI=1S/C16H16F4N2O/c1-3-13-15-21-7-9(2)14(16(18,19)20)22(15)12-5-4-11(17)6-10(12)8-23-13/h4-6,13H,3,7-8H2,1-2H3/t13-/m0/s1. The Kier molecular flexibility index (Phi) is 3.91. The Hall–Kier alpha value is -1.89. The molecule has 0 radical (unpaired) electrons. The summed E-state index contributed by atoms with van der Waals surface area (Å²) in [5.74, 6) is -0.275. The molecule has 0 bridgehead atoms. The number of ether oxygens (including phenoxy) is 1. The van der Waals surface area contributed by atoms with Gasteiger partial charge in [0.2, 0.25) is 0 Å². The Morgan fingerprint density at radius 3 is 2.74 bits per heavy atom. The molecular formula is C16H16F4N2O. The fourth-order valence-corrected chi connectivity index (χ4v) is 2.96. The molecule has 23 heavy (non-hydrogen) atoms. The highest BCUT2D eigenvalue weighted by atomic mass is 19.4. The van der Waals surface area contributed by atoms with Crippen molar-refractivity contribution in [2.24, 2.45) is 4.99 Å². The summed E-state index contributed by atoms with van der Waals surface area (Å²) in [4.78, 5) is 5.39. The Morgan fingerprint density at radius 1 is 1.35 bits per heavy atom. The van der Waals surface area contributed by atoms with E-state index in [0.29, 0.717) is 12.0 Å². The number of rotatable bonds is 1. The molecule has 0 N–H and O–H groups in total. The number of nitrogens with zero attached hydrogens (tertiary/aromatic N) is 2. The van der Waals surface area contributed by atoms with Crippen LogP contribution in [0.1, 0.15) is 25.8 Å². The van der Waals surface area contributed by atoms with Gasteiger partial charge in [-0.1, -0.05) is 6.92 Å². The maximum absolute atomic E-state index is 13.6. The van der Waals surface area contributed by atoms with E-state index in [9.17, 15) is 17.6 Å². The molecule has 3 rings (SSSR count). The number of halogens is 4. The predicted molar refractivity (Wildman–Crippen MR) is 78.8 cm³/mol. The van der Waals surface area contributed by atoms with Crippen molar-refractivity contribution in [3.8, 4) is 0 Å². The molecule has 0 amide bonds. The highest BCUT2D eigenvalue weighted by Crippen LogP contribution is 2.40. The number of allylic oxidation sites excluding steroid dienone is 1. The second-order valence-electron chi connectivity index (χ2n) is 5.62. The number of aliphatic imine (C=N–C) groups is 1. The first-order chi connectivity index (χ1) is 10.8. The van der Waals surface area contributed by atoms with Crippen molar-refractivity contribution in [2.45, 2.75) is 39.2 Å². The smallest absolute Gasteiger partial charge is 0.366 e. The Bertz CT molecular complexity index is 694. The molecule has 1 aromatic rings. The van der Waals surface area contributed by atoms with E-state index < -0.39 is 23.8 Å². The number of hydrogen-bond acceptors (Lipinski definition) is 3. The third kappa shape index (κ3) is 2.73. The first kappa shape index (κ1) is 16.0. The Labute approximate surface area is 131 Å². The normalized spacial score (nSPS) is 21.6. The average molecular weight is 328 g/mol. The summed E-state index contributed by atoms with van der Waals surface area (Å²) in [7, 11) is 0. The van der Waals surface area contributed by atoms with Crippen LogP contribution in [0.15, 0.2) is 34.5 Å². The minimum Gasteiger partial charge on any atom is -0.366 e. The summed E-state index contributed by atoms with van der Waals surface area (Å²) < 4.78 is 60.1. The number of anilines is 1. The number of amidine groups is 1. The van der Waals surface area contributed by atoms with E-state index in [4.69, 9.17) is 4.74 Å². The van der Waals surface area contributed by atoms with E-state index in [0.717, 1.165) is 11.0 Å². The lowest BCUT2D eigenvalue weighted by molar-refractivity contribution is -0.0933. The monoisotopic (exact) mass is 328 g/mol. The molecule has 2 heterocycles.